The molecule has 132 valence electrons. The van der Waals surface area contributed by atoms with Gasteiger partial charge in [0.1, 0.15) is 11.4 Å². The van der Waals surface area contributed by atoms with E-state index in [1.54, 1.807) is 38.7 Å². The SMILES string of the molecule is CCC(=O)N1C[C@@H](NC(=O)OC(C)(C)C)[C@H](c2cccc(F)c2)C1. The minimum atomic E-state index is -0.601. The van der Waals surface area contributed by atoms with E-state index in [2.05, 4.69) is 5.32 Å². The molecule has 0 unspecified atom stereocenters. The van der Waals surface area contributed by atoms with E-state index >= 15 is 0 Å². The first-order valence-corrected chi connectivity index (χ1v) is 8.22. The lowest BCUT2D eigenvalue weighted by molar-refractivity contribution is -0.129. The molecule has 1 aliphatic rings. The average Bonchev–Trinajstić information content (AvgIpc) is 2.88. The quantitative estimate of drug-likeness (QED) is 0.923. The van der Waals surface area contributed by atoms with Crippen LogP contribution in [-0.2, 0) is 9.53 Å². The van der Waals surface area contributed by atoms with Gasteiger partial charge < -0.3 is 15.0 Å². The minimum Gasteiger partial charge on any atom is -0.444 e. The van der Waals surface area contributed by atoms with Crippen molar-refractivity contribution in [3.05, 3.63) is 35.6 Å². The zero-order valence-corrected chi connectivity index (χ0v) is 14.6. The Morgan fingerprint density at radius 2 is 2.04 bits per heavy atom. The molecule has 1 heterocycles. The second kappa shape index (κ2) is 7.20. The summed E-state index contributed by atoms with van der Waals surface area (Å²) in [7, 11) is 0. The van der Waals surface area contributed by atoms with Crippen LogP contribution in [0.5, 0.6) is 0 Å². The summed E-state index contributed by atoms with van der Waals surface area (Å²) in [5.41, 5.74) is 0.165. The first kappa shape index (κ1) is 18.2. The number of benzene rings is 1. The molecule has 6 heteroatoms. The average molecular weight is 336 g/mol. The van der Waals surface area contributed by atoms with Crippen molar-refractivity contribution in [2.45, 2.75) is 51.7 Å². The second-order valence-corrected chi connectivity index (χ2v) is 7.07. The topological polar surface area (TPSA) is 58.6 Å². The lowest BCUT2D eigenvalue weighted by Gasteiger charge is -2.24. The van der Waals surface area contributed by atoms with E-state index in [0.717, 1.165) is 5.56 Å². The van der Waals surface area contributed by atoms with Crippen molar-refractivity contribution in [2.24, 2.45) is 0 Å². The van der Waals surface area contributed by atoms with Crippen molar-refractivity contribution < 1.29 is 18.7 Å². The summed E-state index contributed by atoms with van der Waals surface area (Å²) in [5, 5.41) is 2.83. The molecule has 0 aromatic heterocycles. The molecule has 0 spiro atoms. The minimum absolute atomic E-state index is 0.0184. The zero-order chi connectivity index (χ0) is 17.9. The largest absolute Gasteiger partial charge is 0.444 e. The van der Waals surface area contributed by atoms with Crippen LogP contribution in [0.4, 0.5) is 9.18 Å². The lowest BCUT2D eigenvalue weighted by atomic mass is 9.94. The Balaban J connectivity index is 2.18. The molecular formula is C18H25FN2O3. The first-order chi connectivity index (χ1) is 11.2. The van der Waals surface area contributed by atoms with Gasteiger partial charge in [0, 0.05) is 25.4 Å². The van der Waals surface area contributed by atoms with Gasteiger partial charge in [-0.1, -0.05) is 19.1 Å². The number of rotatable bonds is 3. The van der Waals surface area contributed by atoms with Gasteiger partial charge in [0.25, 0.3) is 0 Å². The van der Waals surface area contributed by atoms with Gasteiger partial charge in [0.2, 0.25) is 5.91 Å². The standard InChI is InChI=1S/C18H25FN2O3/c1-5-16(22)21-10-14(12-7-6-8-13(19)9-12)15(11-21)20-17(23)24-18(2,3)4/h6-9,14-15H,5,10-11H2,1-4H3,(H,20,23)/t14-,15+/m0/s1. The van der Waals surface area contributed by atoms with Crippen LogP contribution in [0.3, 0.4) is 0 Å². The fourth-order valence-electron chi connectivity index (χ4n) is 2.91. The summed E-state index contributed by atoms with van der Waals surface area (Å²) in [6, 6.07) is 5.98. The molecule has 1 aromatic carbocycles. The number of hydrogen-bond donors (Lipinski definition) is 1. The van der Waals surface area contributed by atoms with Crippen molar-refractivity contribution in [1.29, 1.82) is 0 Å². The number of halogens is 1. The van der Waals surface area contributed by atoms with Gasteiger partial charge in [0.05, 0.1) is 6.04 Å². The fraction of sp³-hybridized carbons (Fsp3) is 0.556. The van der Waals surface area contributed by atoms with Crippen molar-refractivity contribution in [3.8, 4) is 0 Å². The summed E-state index contributed by atoms with van der Waals surface area (Å²) in [5.74, 6) is -0.475. The fourth-order valence-corrected chi connectivity index (χ4v) is 2.91. The predicted molar refractivity (Wildman–Crippen MR) is 89.2 cm³/mol. The maximum absolute atomic E-state index is 13.6. The highest BCUT2D eigenvalue weighted by Crippen LogP contribution is 2.29. The molecule has 0 saturated carbocycles. The summed E-state index contributed by atoms with van der Waals surface area (Å²) in [6.07, 6.45) is -0.130. The Bertz CT molecular complexity index is 613. The van der Waals surface area contributed by atoms with Gasteiger partial charge in [-0.3, -0.25) is 4.79 Å². The van der Waals surface area contributed by atoms with Crippen LogP contribution in [0.1, 0.15) is 45.6 Å². The Labute approximate surface area is 142 Å². The molecule has 24 heavy (non-hydrogen) atoms. The van der Waals surface area contributed by atoms with Gasteiger partial charge in [-0.2, -0.15) is 0 Å². The molecule has 5 nitrogen and oxygen atoms in total. The number of carbonyl (C=O) groups is 2. The van der Waals surface area contributed by atoms with E-state index in [1.165, 1.54) is 12.1 Å². The van der Waals surface area contributed by atoms with Crippen molar-refractivity contribution in [2.75, 3.05) is 13.1 Å². The van der Waals surface area contributed by atoms with Crippen LogP contribution in [0, 0.1) is 5.82 Å². The summed E-state index contributed by atoms with van der Waals surface area (Å²) < 4.78 is 18.9. The highest BCUT2D eigenvalue weighted by Gasteiger charge is 2.37. The summed E-state index contributed by atoms with van der Waals surface area (Å²) in [6.45, 7) is 8.02. The maximum atomic E-state index is 13.6. The number of likely N-dealkylation sites (tertiary alicyclic amines) is 1. The molecule has 2 rings (SSSR count). The van der Waals surface area contributed by atoms with E-state index in [9.17, 15) is 14.0 Å². The monoisotopic (exact) mass is 336 g/mol. The van der Waals surface area contributed by atoms with Crippen LogP contribution in [0.2, 0.25) is 0 Å². The number of nitrogens with one attached hydrogen (secondary N) is 1. The highest BCUT2D eigenvalue weighted by atomic mass is 19.1. The van der Waals surface area contributed by atoms with Crippen LogP contribution < -0.4 is 5.32 Å². The molecule has 2 amide bonds. The lowest BCUT2D eigenvalue weighted by Crippen LogP contribution is -2.43. The van der Waals surface area contributed by atoms with Gasteiger partial charge in [-0.15, -0.1) is 0 Å². The van der Waals surface area contributed by atoms with Crippen LogP contribution in [0.25, 0.3) is 0 Å². The summed E-state index contributed by atoms with van der Waals surface area (Å²) in [4.78, 5) is 25.8. The van der Waals surface area contributed by atoms with E-state index < -0.39 is 11.7 Å². The molecule has 1 saturated heterocycles. The normalized spacial score (nSPS) is 20.8. The third kappa shape index (κ3) is 4.69. The Hall–Kier alpha value is -2.11. The Morgan fingerprint density at radius 3 is 2.62 bits per heavy atom. The predicted octanol–water partition coefficient (Wildman–Crippen LogP) is 3.05. The number of hydrogen-bond acceptors (Lipinski definition) is 3. The molecule has 0 radical (unpaired) electrons. The molecule has 0 bridgehead atoms. The maximum Gasteiger partial charge on any atom is 0.407 e. The third-order valence-electron chi connectivity index (χ3n) is 3.95. The van der Waals surface area contributed by atoms with Gasteiger partial charge >= 0.3 is 6.09 Å². The molecule has 1 aliphatic heterocycles. The van der Waals surface area contributed by atoms with Crippen molar-refractivity contribution in [1.82, 2.24) is 10.2 Å². The van der Waals surface area contributed by atoms with Crippen LogP contribution in [-0.4, -0.2) is 41.6 Å². The van der Waals surface area contributed by atoms with E-state index in [1.807, 2.05) is 6.07 Å². The number of alkyl carbamates (subject to hydrolysis) is 1. The van der Waals surface area contributed by atoms with Gasteiger partial charge in [-0.05, 0) is 38.5 Å². The molecule has 1 aromatic rings. The van der Waals surface area contributed by atoms with Gasteiger partial charge in [0.15, 0.2) is 0 Å². The number of ether oxygens (including phenoxy) is 1. The number of carbonyl (C=O) groups excluding carboxylic acids is 2. The number of amides is 2. The van der Waals surface area contributed by atoms with E-state index in [4.69, 9.17) is 4.74 Å². The highest BCUT2D eigenvalue weighted by molar-refractivity contribution is 5.77. The second-order valence-electron chi connectivity index (χ2n) is 7.07. The van der Waals surface area contributed by atoms with Crippen molar-refractivity contribution in [3.63, 3.8) is 0 Å². The first-order valence-electron chi connectivity index (χ1n) is 8.22. The molecule has 0 aliphatic carbocycles. The summed E-state index contributed by atoms with van der Waals surface area (Å²) >= 11 is 0. The Morgan fingerprint density at radius 1 is 1.33 bits per heavy atom. The van der Waals surface area contributed by atoms with Crippen LogP contribution in [0.15, 0.2) is 24.3 Å². The van der Waals surface area contributed by atoms with E-state index in [0.29, 0.717) is 19.5 Å². The van der Waals surface area contributed by atoms with Crippen LogP contribution >= 0.6 is 0 Å². The zero-order valence-electron chi connectivity index (χ0n) is 14.6. The Kier molecular flexibility index (Phi) is 5.47. The molecular weight excluding hydrogens is 311 g/mol. The molecule has 1 N–H and O–H groups in total. The number of nitrogens with zero attached hydrogens (tertiary/aromatic N) is 1. The molecule has 1 fully saturated rings. The van der Waals surface area contributed by atoms with Crippen molar-refractivity contribution >= 4 is 12.0 Å². The van der Waals surface area contributed by atoms with E-state index in [-0.39, 0.29) is 23.7 Å². The third-order valence-corrected chi connectivity index (χ3v) is 3.95. The smallest absolute Gasteiger partial charge is 0.407 e. The van der Waals surface area contributed by atoms with Gasteiger partial charge in [-0.25, -0.2) is 9.18 Å². The molecule has 2 atom stereocenters.